The van der Waals surface area contributed by atoms with E-state index in [4.69, 9.17) is 0 Å². The topological polar surface area (TPSA) is 12.4 Å². The maximum atomic E-state index is 4.61. The van der Waals surface area contributed by atoms with E-state index >= 15 is 0 Å². The Balaban J connectivity index is 2.24. The van der Waals surface area contributed by atoms with Crippen molar-refractivity contribution in [1.82, 2.24) is 0 Å². The normalized spacial score (nSPS) is 16.0. The van der Waals surface area contributed by atoms with Gasteiger partial charge < -0.3 is 0 Å². The Labute approximate surface area is 85.2 Å². The van der Waals surface area contributed by atoms with E-state index < -0.39 is 0 Å². The molecule has 0 saturated heterocycles. The van der Waals surface area contributed by atoms with Crippen molar-refractivity contribution < 1.29 is 0 Å². The molecule has 0 aliphatic carbocycles. The molecular weight excluding hydrogens is 170 g/mol. The summed E-state index contributed by atoms with van der Waals surface area (Å²) in [4.78, 5) is 4.61. The maximum Gasteiger partial charge on any atom is 0.0520 e. The van der Waals surface area contributed by atoms with Gasteiger partial charge in [0.1, 0.15) is 0 Å². The summed E-state index contributed by atoms with van der Waals surface area (Å²) < 4.78 is 0. The van der Waals surface area contributed by atoms with E-state index in [1.807, 2.05) is 6.07 Å². The summed E-state index contributed by atoms with van der Waals surface area (Å²) in [5, 5.41) is 0. The van der Waals surface area contributed by atoms with E-state index in [0.717, 1.165) is 12.8 Å². The highest BCUT2D eigenvalue weighted by atomic mass is 14.8. The lowest BCUT2D eigenvalue weighted by atomic mass is 10.0. The molecule has 1 aliphatic heterocycles. The number of benzene rings is 1. The van der Waals surface area contributed by atoms with Gasteiger partial charge >= 0.3 is 0 Å². The number of allylic oxidation sites excluding steroid dienone is 2. The Kier molecular flexibility index (Phi) is 2.49. The van der Waals surface area contributed by atoms with Crippen LogP contribution < -0.4 is 0 Å². The molecule has 0 amide bonds. The molecule has 0 unspecified atom stereocenters. The van der Waals surface area contributed by atoms with Crippen LogP contribution in [0, 0.1) is 0 Å². The Hall–Kier alpha value is -1.37. The molecule has 1 heteroatoms. The predicted molar refractivity (Wildman–Crippen MR) is 60.6 cm³/mol. The van der Waals surface area contributed by atoms with Crippen LogP contribution in [-0.2, 0) is 0 Å². The first-order valence-corrected chi connectivity index (χ1v) is 5.13. The molecule has 1 aromatic carbocycles. The van der Waals surface area contributed by atoms with Gasteiger partial charge in [0.25, 0.3) is 0 Å². The van der Waals surface area contributed by atoms with Crippen LogP contribution in [-0.4, -0.2) is 5.71 Å². The van der Waals surface area contributed by atoms with Crippen molar-refractivity contribution in [1.29, 1.82) is 0 Å². The van der Waals surface area contributed by atoms with Gasteiger partial charge in [-0.2, -0.15) is 0 Å². The van der Waals surface area contributed by atoms with E-state index in [1.54, 1.807) is 0 Å². The lowest BCUT2D eigenvalue weighted by Gasteiger charge is -2.00. The number of nitrogens with zero attached hydrogens (tertiary/aromatic N) is 1. The molecule has 0 radical (unpaired) electrons. The van der Waals surface area contributed by atoms with Gasteiger partial charge in [0.15, 0.2) is 0 Å². The smallest absolute Gasteiger partial charge is 0.0520 e. The molecule has 1 aliphatic rings. The van der Waals surface area contributed by atoms with Gasteiger partial charge in [-0.15, -0.1) is 0 Å². The molecule has 0 saturated carbocycles. The van der Waals surface area contributed by atoms with E-state index in [-0.39, 0.29) is 0 Å². The fourth-order valence-corrected chi connectivity index (χ4v) is 1.83. The molecule has 0 spiro atoms. The van der Waals surface area contributed by atoms with Crippen molar-refractivity contribution in [2.24, 2.45) is 4.99 Å². The number of hydrogen-bond acceptors (Lipinski definition) is 1. The molecular formula is C13H15N. The van der Waals surface area contributed by atoms with Crippen LogP contribution in [0.4, 0.5) is 0 Å². The first-order chi connectivity index (χ1) is 6.81. The fraction of sp³-hybridized carbons (Fsp3) is 0.308. The molecule has 14 heavy (non-hydrogen) atoms. The van der Waals surface area contributed by atoms with Crippen LogP contribution in [0.3, 0.4) is 0 Å². The van der Waals surface area contributed by atoms with E-state index in [0.29, 0.717) is 0 Å². The zero-order valence-electron chi connectivity index (χ0n) is 8.75. The van der Waals surface area contributed by atoms with Crippen molar-refractivity contribution >= 4 is 5.71 Å². The summed E-state index contributed by atoms with van der Waals surface area (Å²) in [7, 11) is 0. The molecule has 1 nitrogen and oxygen atoms in total. The zero-order valence-corrected chi connectivity index (χ0v) is 8.75. The van der Waals surface area contributed by atoms with Crippen LogP contribution >= 0.6 is 0 Å². The van der Waals surface area contributed by atoms with Crippen molar-refractivity contribution in [3.05, 3.63) is 47.2 Å². The lowest BCUT2D eigenvalue weighted by molar-refractivity contribution is 1.04. The molecule has 0 aromatic heterocycles. The number of hydrogen-bond donors (Lipinski definition) is 0. The van der Waals surface area contributed by atoms with Crippen molar-refractivity contribution in [3.63, 3.8) is 0 Å². The minimum Gasteiger partial charge on any atom is -0.257 e. The molecule has 2 rings (SSSR count). The van der Waals surface area contributed by atoms with E-state index in [2.05, 4.69) is 43.1 Å². The standard InChI is InChI=1S/C13H15N/c1-3-11-9-13(14-10(11)2)12-7-5-4-6-8-12/h4-8H,3,9H2,1-2H3. The second-order valence-corrected chi connectivity index (χ2v) is 3.64. The van der Waals surface area contributed by atoms with E-state index in [1.165, 1.54) is 22.5 Å². The van der Waals surface area contributed by atoms with Crippen LogP contribution in [0.1, 0.15) is 32.3 Å². The SMILES string of the molecule is CCC1=C(C)N=C(c2ccccc2)C1. The van der Waals surface area contributed by atoms with E-state index in [9.17, 15) is 0 Å². The molecule has 1 aromatic rings. The molecule has 72 valence electrons. The van der Waals surface area contributed by atoms with Crippen LogP contribution in [0.5, 0.6) is 0 Å². The molecule has 0 fully saturated rings. The Morgan fingerprint density at radius 1 is 1.21 bits per heavy atom. The van der Waals surface area contributed by atoms with Crippen molar-refractivity contribution in [3.8, 4) is 0 Å². The highest BCUT2D eigenvalue weighted by Gasteiger charge is 2.14. The Morgan fingerprint density at radius 2 is 1.93 bits per heavy atom. The number of aliphatic imine (C=N–C) groups is 1. The molecule has 0 N–H and O–H groups in total. The van der Waals surface area contributed by atoms with Gasteiger partial charge in [-0.05, 0) is 24.5 Å². The highest BCUT2D eigenvalue weighted by Crippen LogP contribution is 2.24. The zero-order chi connectivity index (χ0) is 9.97. The summed E-state index contributed by atoms with van der Waals surface area (Å²) in [6.07, 6.45) is 2.15. The number of rotatable bonds is 2. The quantitative estimate of drug-likeness (QED) is 0.668. The Morgan fingerprint density at radius 3 is 2.50 bits per heavy atom. The predicted octanol–water partition coefficient (Wildman–Crippen LogP) is 3.56. The lowest BCUT2D eigenvalue weighted by Crippen LogP contribution is -1.96. The van der Waals surface area contributed by atoms with Gasteiger partial charge in [0.05, 0.1) is 5.71 Å². The minimum absolute atomic E-state index is 1.03. The highest BCUT2D eigenvalue weighted by molar-refractivity contribution is 6.04. The maximum absolute atomic E-state index is 4.61. The van der Waals surface area contributed by atoms with Crippen LogP contribution in [0.2, 0.25) is 0 Å². The van der Waals surface area contributed by atoms with Gasteiger partial charge in [-0.25, -0.2) is 0 Å². The monoisotopic (exact) mass is 185 g/mol. The van der Waals surface area contributed by atoms with Gasteiger partial charge in [0, 0.05) is 12.1 Å². The second kappa shape index (κ2) is 3.79. The molecule has 1 heterocycles. The summed E-state index contributed by atoms with van der Waals surface area (Å²) in [6.45, 7) is 4.30. The minimum atomic E-state index is 1.03. The first-order valence-electron chi connectivity index (χ1n) is 5.13. The average molecular weight is 185 g/mol. The largest absolute Gasteiger partial charge is 0.257 e. The van der Waals surface area contributed by atoms with Gasteiger partial charge in [-0.3, -0.25) is 4.99 Å². The van der Waals surface area contributed by atoms with Crippen LogP contribution in [0.25, 0.3) is 0 Å². The van der Waals surface area contributed by atoms with Crippen LogP contribution in [0.15, 0.2) is 46.6 Å². The summed E-state index contributed by atoms with van der Waals surface area (Å²) in [5.41, 5.74) is 5.17. The summed E-state index contributed by atoms with van der Waals surface area (Å²) in [6, 6.07) is 10.4. The average Bonchev–Trinajstić information content (AvgIpc) is 2.61. The third kappa shape index (κ3) is 1.63. The Bertz CT molecular complexity index is 385. The second-order valence-electron chi connectivity index (χ2n) is 3.64. The third-order valence-corrected chi connectivity index (χ3v) is 2.73. The van der Waals surface area contributed by atoms with Gasteiger partial charge in [0.2, 0.25) is 0 Å². The summed E-state index contributed by atoms with van der Waals surface area (Å²) in [5.74, 6) is 0. The summed E-state index contributed by atoms with van der Waals surface area (Å²) >= 11 is 0. The van der Waals surface area contributed by atoms with Crippen molar-refractivity contribution in [2.45, 2.75) is 26.7 Å². The first kappa shape index (κ1) is 9.20. The third-order valence-electron chi connectivity index (χ3n) is 2.73. The molecule has 0 bridgehead atoms. The molecule has 0 atom stereocenters. The van der Waals surface area contributed by atoms with Crippen molar-refractivity contribution in [2.75, 3.05) is 0 Å². The van der Waals surface area contributed by atoms with Gasteiger partial charge in [-0.1, -0.05) is 37.3 Å². The fourth-order valence-electron chi connectivity index (χ4n) is 1.83.